The van der Waals surface area contributed by atoms with E-state index >= 15 is 0 Å². The second-order valence-corrected chi connectivity index (χ2v) is 3.91. The molecule has 0 saturated heterocycles. The summed E-state index contributed by atoms with van der Waals surface area (Å²) >= 11 is 3.21. The van der Waals surface area contributed by atoms with Crippen molar-refractivity contribution < 1.29 is 9.66 Å². The molecular weight excluding hydrogens is 264 g/mol. The molecule has 1 aromatic carbocycles. The minimum Gasteiger partial charge on any atom is -0.476 e. The molecule has 0 fully saturated rings. The Balaban J connectivity index is 2.43. The average molecular weight is 271 g/mol. The molecule has 0 saturated carbocycles. The summed E-state index contributed by atoms with van der Waals surface area (Å²) < 4.78 is 5.88. The summed E-state index contributed by atoms with van der Waals surface area (Å²) in [5.74, 6) is 0.472. The van der Waals surface area contributed by atoms with Crippen LogP contribution in [0.15, 0.2) is 27.7 Å². The van der Waals surface area contributed by atoms with Crippen LogP contribution in [0.5, 0.6) is 0 Å². The maximum absolute atomic E-state index is 10.6. The van der Waals surface area contributed by atoms with Gasteiger partial charge in [0, 0.05) is 22.2 Å². The quantitative estimate of drug-likeness (QED) is 0.611. The first kappa shape index (κ1) is 10.1. The molecule has 0 atom stereocenters. The Morgan fingerprint density at radius 1 is 1.47 bits per heavy atom. The van der Waals surface area contributed by atoms with Gasteiger partial charge < -0.3 is 4.74 Å². The van der Waals surface area contributed by atoms with Crippen molar-refractivity contribution in [3.05, 3.63) is 38.3 Å². The lowest BCUT2D eigenvalue weighted by Crippen LogP contribution is -2.02. The summed E-state index contributed by atoms with van der Waals surface area (Å²) in [6.45, 7) is 1.14. The van der Waals surface area contributed by atoms with Crippen molar-refractivity contribution >= 4 is 27.5 Å². The van der Waals surface area contributed by atoms with E-state index in [2.05, 4.69) is 20.9 Å². The molecule has 78 valence electrons. The fraction of sp³-hybridized carbons (Fsp3) is 0.222. The van der Waals surface area contributed by atoms with Crippen LogP contribution in [-0.2, 0) is 4.74 Å². The number of hydrogen-bond acceptors (Lipinski definition) is 4. The van der Waals surface area contributed by atoms with Gasteiger partial charge in [-0.3, -0.25) is 10.1 Å². The number of non-ortho nitro benzene ring substituents is 1. The zero-order valence-corrected chi connectivity index (χ0v) is 9.23. The first-order valence-electron chi connectivity index (χ1n) is 4.29. The van der Waals surface area contributed by atoms with Gasteiger partial charge in [0.25, 0.3) is 5.69 Å². The predicted octanol–water partition coefficient (Wildman–Crippen LogP) is 2.13. The van der Waals surface area contributed by atoms with Gasteiger partial charge in [0.2, 0.25) is 5.90 Å². The monoisotopic (exact) mass is 270 g/mol. The van der Waals surface area contributed by atoms with Crippen LogP contribution < -0.4 is 0 Å². The van der Waals surface area contributed by atoms with Gasteiger partial charge in [0.15, 0.2) is 0 Å². The molecule has 0 spiro atoms. The van der Waals surface area contributed by atoms with Crippen molar-refractivity contribution in [3.8, 4) is 0 Å². The highest BCUT2D eigenvalue weighted by Crippen LogP contribution is 2.22. The Labute approximate surface area is 94.0 Å². The van der Waals surface area contributed by atoms with E-state index in [0.29, 0.717) is 29.1 Å². The largest absolute Gasteiger partial charge is 0.476 e. The number of benzene rings is 1. The molecule has 0 aliphatic carbocycles. The van der Waals surface area contributed by atoms with Crippen LogP contribution in [0.4, 0.5) is 5.69 Å². The van der Waals surface area contributed by atoms with E-state index in [1.165, 1.54) is 12.1 Å². The van der Waals surface area contributed by atoms with Gasteiger partial charge in [-0.1, -0.05) is 15.9 Å². The van der Waals surface area contributed by atoms with Gasteiger partial charge in [-0.25, -0.2) is 4.99 Å². The van der Waals surface area contributed by atoms with Crippen LogP contribution in [0, 0.1) is 10.1 Å². The molecule has 2 rings (SSSR count). The van der Waals surface area contributed by atoms with E-state index in [1.807, 2.05) is 0 Å². The predicted molar refractivity (Wildman–Crippen MR) is 58.2 cm³/mol. The summed E-state index contributed by atoms with van der Waals surface area (Å²) in [5.41, 5.74) is 0.658. The molecule has 0 aromatic heterocycles. The molecule has 5 nitrogen and oxygen atoms in total. The SMILES string of the molecule is O=[N+]([O-])c1cc(Br)cc(C2=NCCO2)c1. The van der Waals surface area contributed by atoms with Gasteiger partial charge in [0.05, 0.1) is 11.5 Å². The second kappa shape index (κ2) is 3.98. The highest BCUT2D eigenvalue weighted by atomic mass is 79.9. The van der Waals surface area contributed by atoms with E-state index < -0.39 is 4.92 Å². The van der Waals surface area contributed by atoms with Crippen molar-refractivity contribution in [2.75, 3.05) is 13.2 Å². The number of hydrogen-bond donors (Lipinski definition) is 0. The van der Waals surface area contributed by atoms with Crippen LogP contribution in [0.3, 0.4) is 0 Å². The normalized spacial score (nSPS) is 14.6. The van der Waals surface area contributed by atoms with E-state index in [-0.39, 0.29) is 5.69 Å². The standard InChI is InChI=1S/C9H7BrN2O3/c10-7-3-6(9-11-1-2-15-9)4-8(5-7)12(13)14/h3-5H,1-2H2. The molecule has 1 aliphatic rings. The zero-order valence-electron chi connectivity index (χ0n) is 7.64. The Bertz CT molecular complexity index is 445. The van der Waals surface area contributed by atoms with Crippen molar-refractivity contribution in [3.63, 3.8) is 0 Å². The van der Waals surface area contributed by atoms with Gasteiger partial charge in [-0.15, -0.1) is 0 Å². The molecule has 0 amide bonds. The molecular formula is C9H7BrN2O3. The third-order valence-electron chi connectivity index (χ3n) is 1.93. The van der Waals surface area contributed by atoms with E-state index in [4.69, 9.17) is 4.74 Å². The molecule has 1 heterocycles. The Kier molecular flexibility index (Phi) is 2.68. The molecule has 0 bridgehead atoms. The van der Waals surface area contributed by atoms with Crippen LogP contribution >= 0.6 is 15.9 Å². The summed E-state index contributed by atoms with van der Waals surface area (Å²) in [6, 6.07) is 4.64. The number of rotatable bonds is 2. The lowest BCUT2D eigenvalue weighted by Gasteiger charge is -2.02. The Hall–Kier alpha value is -1.43. The van der Waals surface area contributed by atoms with E-state index in [1.54, 1.807) is 6.07 Å². The molecule has 1 aliphatic heterocycles. The molecule has 15 heavy (non-hydrogen) atoms. The minimum atomic E-state index is -0.441. The lowest BCUT2D eigenvalue weighted by molar-refractivity contribution is -0.384. The van der Waals surface area contributed by atoms with Crippen LogP contribution in [-0.4, -0.2) is 24.0 Å². The molecule has 6 heteroatoms. The third-order valence-corrected chi connectivity index (χ3v) is 2.38. The number of nitrogens with zero attached hydrogens (tertiary/aromatic N) is 2. The molecule has 0 N–H and O–H groups in total. The molecule has 1 aromatic rings. The number of ether oxygens (including phenoxy) is 1. The first-order chi connectivity index (χ1) is 7.16. The fourth-order valence-electron chi connectivity index (χ4n) is 1.31. The van der Waals surface area contributed by atoms with Crippen molar-refractivity contribution in [1.82, 2.24) is 0 Å². The van der Waals surface area contributed by atoms with Crippen LogP contribution in [0.25, 0.3) is 0 Å². The molecule has 0 radical (unpaired) electrons. The number of nitro groups is 1. The van der Waals surface area contributed by atoms with Crippen molar-refractivity contribution in [1.29, 1.82) is 0 Å². The summed E-state index contributed by atoms with van der Waals surface area (Å²) in [5, 5.41) is 10.6. The maximum atomic E-state index is 10.6. The van der Waals surface area contributed by atoms with Gasteiger partial charge in [-0.2, -0.15) is 0 Å². The molecule has 0 unspecified atom stereocenters. The van der Waals surface area contributed by atoms with Crippen LogP contribution in [0.2, 0.25) is 0 Å². The number of aliphatic imine (C=N–C) groups is 1. The van der Waals surface area contributed by atoms with E-state index in [9.17, 15) is 10.1 Å². The van der Waals surface area contributed by atoms with Gasteiger partial charge >= 0.3 is 0 Å². The summed E-state index contributed by atoms with van der Waals surface area (Å²) in [4.78, 5) is 14.3. The topological polar surface area (TPSA) is 64.7 Å². The maximum Gasteiger partial charge on any atom is 0.271 e. The lowest BCUT2D eigenvalue weighted by atomic mass is 10.2. The van der Waals surface area contributed by atoms with Crippen molar-refractivity contribution in [2.24, 2.45) is 4.99 Å². The Morgan fingerprint density at radius 3 is 2.87 bits per heavy atom. The third kappa shape index (κ3) is 2.15. The Morgan fingerprint density at radius 2 is 2.27 bits per heavy atom. The summed E-state index contributed by atoms with van der Waals surface area (Å²) in [6.07, 6.45) is 0. The van der Waals surface area contributed by atoms with Gasteiger partial charge in [-0.05, 0) is 6.07 Å². The smallest absolute Gasteiger partial charge is 0.271 e. The second-order valence-electron chi connectivity index (χ2n) is 2.99. The highest BCUT2D eigenvalue weighted by Gasteiger charge is 2.15. The summed E-state index contributed by atoms with van der Waals surface area (Å²) in [7, 11) is 0. The number of halogens is 1. The minimum absolute atomic E-state index is 0.0255. The zero-order chi connectivity index (χ0) is 10.8. The highest BCUT2D eigenvalue weighted by molar-refractivity contribution is 9.10. The number of nitro benzene ring substituents is 1. The van der Waals surface area contributed by atoms with E-state index in [0.717, 1.165) is 0 Å². The van der Waals surface area contributed by atoms with Gasteiger partial charge in [0.1, 0.15) is 6.61 Å². The first-order valence-corrected chi connectivity index (χ1v) is 5.09. The average Bonchev–Trinajstić information content (AvgIpc) is 2.69. The fourth-order valence-corrected chi connectivity index (χ4v) is 1.79. The van der Waals surface area contributed by atoms with Crippen LogP contribution in [0.1, 0.15) is 5.56 Å². The van der Waals surface area contributed by atoms with Crippen molar-refractivity contribution in [2.45, 2.75) is 0 Å².